The number of sulfone groups is 1. The van der Waals surface area contributed by atoms with E-state index in [2.05, 4.69) is 15.5 Å². The van der Waals surface area contributed by atoms with Crippen LogP contribution in [-0.2, 0) is 22.6 Å². The summed E-state index contributed by atoms with van der Waals surface area (Å²) < 4.78 is 114. The van der Waals surface area contributed by atoms with Crippen molar-refractivity contribution in [3.05, 3.63) is 53.5 Å². The van der Waals surface area contributed by atoms with E-state index in [0.717, 1.165) is 24.4 Å². The van der Waals surface area contributed by atoms with Gasteiger partial charge in [0.25, 0.3) is 9.84 Å². The topological polar surface area (TPSA) is 74.8 Å². The van der Waals surface area contributed by atoms with Crippen LogP contribution in [0.25, 0.3) is 10.9 Å². The highest BCUT2D eigenvalue weighted by Crippen LogP contribution is 2.37. The van der Waals surface area contributed by atoms with Gasteiger partial charge in [0.15, 0.2) is 0 Å². The first-order chi connectivity index (χ1) is 13.3. The van der Waals surface area contributed by atoms with E-state index < -0.39 is 49.9 Å². The standard InChI is InChI=1S/C16H10F7N3O2S/c17-9-2-1-8(11(5-9)15(18,19)20)6-24-12-3-4-13(14-10(12)7-25-26-14)29(27,28)16(21,22)23/h1-5,7,24H,6H2,(H,25,26). The fourth-order valence-corrected chi connectivity index (χ4v) is 3.59. The molecule has 1 aromatic heterocycles. The van der Waals surface area contributed by atoms with Crippen LogP contribution >= 0.6 is 0 Å². The van der Waals surface area contributed by atoms with Gasteiger partial charge < -0.3 is 5.32 Å². The number of nitrogens with zero attached hydrogens (tertiary/aromatic N) is 1. The maximum Gasteiger partial charge on any atom is 0.501 e. The molecule has 2 aromatic carbocycles. The lowest BCUT2D eigenvalue weighted by Gasteiger charge is -2.15. The molecule has 2 N–H and O–H groups in total. The lowest BCUT2D eigenvalue weighted by atomic mass is 10.1. The average Bonchev–Trinajstić information content (AvgIpc) is 3.08. The Morgan fingerprint density at radius 2 is 1.72 bits per heavy atom. The number of anilines is 1. The Kier molecular flexibility index (Phi) is 4.97. The molecule has 156 valence electrons. The van der Waals surface area contributed by atoms with Crippen LogP contribution in [0.3, 0.4) is 0 Å². The van der Waals surface area contributed by atoms with Crippen LogP contribution in [0.5, 0.6) is 0 Å². The second-order valence-electron chi connectivity index (χ2n) is 5.87. The summed E-state index contributed by atoms with van der Waals surface area (Å²) in [6.07, 6.45) is -3.79. The highest BCUT2D eigenvalue weighted by Gasteiger charge is 2.48. The lowest BCUT2D eigenvalue weighted by molar-refractivity contribution is -0.138. The predicted molar refractivity (Wildman–Crippen MR) is 88.1 cm³/mol. The number of alkyl halides is 6. The smallest absolute Gasteiger partial charge is 0.380 e. The molecule has 3 rings (SSSR count). The Balaban J connectivity index is 1.99. The highest BCUT2D eigenvalue weighted by molar-refractivity contribution is 7.92. The molecule has 0 bridgehead atoms. The van der Waals surface area contributed by atoms with E-state index in [1.54, 1.807) is 0 Å². The molecule has 0 aliphatic carbocycles. The molecule has 1 heterocycles. The summed E-state index contributed by atoms with van der Waals surface area (Å²) >= 11 is 0. The van der Waals surface area contributed by atoms with Gasteiger partial charge in [0.1, 0.15) is 10.7 Å². The summed E-state index contributed by atoms with van der Waals surface area (Å²) in [5.74, 6) is -1.08. The maximum absolute atomic E-state index is 13.2. The second-order valence-corrected chi connectivity index (χ2v) is 7.78. The fraction of sp³-hybridized carbons (Fsp3) is 0.188. The number of rotatable bonds is 4. The quantitative estimate of drug-likeness (QED) is 0.580. The molecule has 3 aromatic rings. The first-order valence-corrected chi connectivity index (χ1v) is 9.17. The van der Waals surface area contributed by atoms with Gasteiger partial charge in [0.05, 0.1) is 17.3 Å². The summed E-state index contributed by atoms with van der Waals surface area (Å²) in [4.78, 5) is -1.07. The van der Waals surface area contributed by atoms with E-state index in [0.29, 0.717) is 12.1 Å². The minimum atomic E-state index is -5.68. The van der Waals surface area contributed by atoms with Gasteiger partial charge in [-0.25, -0.2) is 12.8 Å². The minimum Gasteiger partial charge on any atom is -0.380 e. The third-order valence-corrected chi connectivity index (χ3v) is 5.55. The Hall–Kier alpha value is -2.83. The van der Waals surface area contributed by atoms with Crippen molar-refractivity contribution < 1.29 is 39.2 Å². The summed E-state index contributed by atoms with van der Waals surface area (Å²) in [7, 11) is -5.68. The van der Waals surface area contributed by atoms with E-state index in [1.165, 1.54) is 0 Å². The van der Waals surface area contributed by atoms with Crippen molar-refractivity contribution >= 4 is 26.4 Å². The number of nitrogens with one attached hydrogen (secondary N) is 2. The van der Waals surface area contributed by atoms with Crippen molar-refractivity contribution in [1.29, 1.82) is 0 Å². The van der Waals surface area contributed by atoms with Crippen LogP contribution < -0.4 is 5.32 Å². The summed E-state index contributed by atoms with van der Waals surface area (Å²) in [5.41, 5.74) is -7.50. The third kappa shape index (κ3) is 3.86. The number of fused-ring (bicyclic) bond motifs is 1. The number of aromatic nitrogens is 2. The summed E-state index contributed by atoms with van der Waals surface area (Å²) in [6, 6.07) is 3.72. The van der Waals surface area contributed by atoms with Crippen molar-refractivity contribution in [2.45, 2.75) is 23.1 Å². The molecular formula is C16H10F7N3O2S. The van der Waals surface area contributed by atoms with Gasteiger partial charge in [-0.1, -0.05) is 6.07 Å². The number of H-pyrrole nitrogens is 1. The van der Waals surface area contributed by atoms with Crippen molar-refractivity contribution in [2.24, 2.45) is 0 Å². The van der Waals surface area contributed by atoms with Gasteiger partial charge in [-0.3, -0.25) is 5.10 Å². The fourth-order valence-electron chi connectivity index (χ4n) is 2.67. The zero-order valence-corrected chi connectivity index (χ0v) is 14.8. The van der Waals surface area contributed by atoms with Crippen molar-refractivity contribution in [3.63, 3.8) is 0 Å². The molecule has 0 aliphatic heterocycles. The maximum atomic E-state index is 13.2. The van der Waals surface area contributed by atoms with Crippen LogP contribution in [0.4, 0.5) is 36.4 Å². The lowest BCUT2D eigenvalue weighted by Crippen LogP contribution is -2.23. The third-order valence-electron chi connectivity index (χ3n) is 4.02. The highest BCUT2D eigenvalue weighted by atomic mass is 32.2. The first kappa shape index (κ1) is 20.9. The molecule has 0 aliphatic rings. The Bertz CT molecular complexity index is 1170. The minimum absolute atomic E-state index is 0.0346. The Morgan fingerprint density at radius 1 is 1.03 bits per heavy atom. The van der Waals surface area contributed by atoms with Crippen molar-refractivity contribution in [1.82, 2.24) is 10.2 Å². The van der Waals surface area contributed by atoms with Gasteiger partial charge >= 0.3 is 11.7 Å². The molecule has 0 amide bonds. The van der Waals surface area contributed by atoms with Crippen molar-refractivity contribution in [3.8, 4) is 0 Å². The molecule has 0 fully saturated rings. The first-order valence-electron chi connectivity index (χ1n) is 7.69. The summed E-state index contributed by atoms with van der Waals surface area (Å²) in [6.45, 7) is -0.458. The zero-order chi connectivity index (χ0) is 21.6. The molecule has 0 saturated heterocycles. The largest absolute Gasteiger partial charge is 0.501 e. The van der Waals surface area contributed by atoms with Crippen molar-refractivity contribution in [2.75, 3.05) is 5.32 Å². The molecular weight excluding hydrogens is 431 g/mol. The number of benzene rings is 2. The van der Waals surface area contributed by atoms with Gasteiger partial charge in [0, 0.05) is 17.6 Å². The number of halogens is 7. The normalized spacial score (nSPS) is 13.1. The molecule has 0 spiro atoms. The molecule has 5 nitrogen and oxygen atoms in total. The van der Waals surface area contributed by atoms with Crippen LogP contribution in [0, 0.1) is 5.82 Å². The van der Waals surface area contributed by atoms with Crippen LogP contribution in [-0.4, -0.2) is 24.1 Å². The van der Waals surface area contributed by atoms with Crippen LogP contribution in [0.2, 0.25) is 0 Å². The summed E-state index contributed by atoms with van der Waals surface area (Å²) in [5, 5.41) is 8.17. The van der Waals surface area contributed by atoms with Crippen LogP contribution in [0.15, 0.2) is 41.4 Å². The number of aromatic amines is 1. The Morgan fingerprint density at radius 3 is 2.34 bits per heavy atom. The van der Waals surface area contributed by atoms with E-state index in [9.17, 15) is 39.2 Å². The molecule has 0 saturated carbocycles. The average molecular weight is 441 g/mol. The monoisotopic (exact) mass is 441 g/mol. The van der Waals surface area contributed by atoms with Gasteiger partial charge in [-0.2, -0.15) is 31.4 Å². The number of hydrogen-bond donors (Lipinski definition) is 2. The van der Waals surface area contributed by atoms with E-state index in [-0.39, 0.29) is 16.6 Å². The number of hydrogen-bond acceptors (Lipinski definition) is 4. The SMILES string of the molecule is O=S(=O)(c1ccc(NCc2ccc(F)cc2C(F)(F)F)c2cn[nH]c12)C(F)(F)F. The second kappa shape index (κ2) is 6.90. The van der Waals surface area contributed by atoms with E-state index >= 15 is 0 Å². The molecule has 0 unspecified atom stereocenters. The molecule has 13 heteroatoms. The van der Waals surface area contributed by atoms with Crippen LogP contribution in [0.1, 0.15) is 11.1 Å². The molecule has 29 heavy (non-hydrogen) atoms. The molecule has 0 radical (unpaired) electrons. The molecule has 0 atom stereocenters. The van der Waals surface area contributed by atoms with Gasteiger partial charge in [-0.05, 0) is 29.8 Å². The predicted octanol–water partition coefficient (Wildman–Crippen LogP) is 4.63. The Labute approximate surface area is 158 Å². The van der Waals surface area contributed by atoms with Gasteiger partial charge in [0.2, 0.25) is 0 Å². The van der Waals surface area contributed by atoms with E-state index in [1.807, 2.05) is 0 Å². The zero-order valence-electron chi connectivity index (χ0n) is 14.0. The van der Waals surface area contributed by atoms with E-state index in [4.69, 9.17) is 0 Å². The van der Waals surface area contributed by atoms with Gasteiger partial charge in [-0.15, -0.1) is 0 Å².